The van der Waals surface area contributed by atoms with E-state index in [9.17, 15) is 9.18 Å². The molecule has 1 aliphatic rings. The first-order valence-corrected chi connectivity index (χ1v) is 11.0. The van der Waals surface area contributed by atoms with Gasteiger partial charge in [0.05, 0.1) is 5.75 Å². The molecule has 28 heavy (non-hydrogen) atoms. The van der Waals surface area contributed by atoms with E-state index < -0.39 is 0 Å². The summed E-state index contributed by atoms with van der Waals surface area (Å²) in [7, 11) is 1.92. The summed E-state index contributed by atoms with van der Waals surface area (Å²) in [6.45, 7) is 3.95. The summed E-state index contributed by atoms with van der Waals surface area (Å²) in [6.07, 6.45) is 3.29. The predicted molar refractivity (Wildman–Crippen MR) is 114 cm³/mol. The normalized spacial score (nSPS) is 17.4. The number of hydrogen-bond acceptors (Lipinski definition) is 3. The molecule has 0 unspecified atom stereocenters. The summed E-state index contributed by atoms with van der Waals surface area (Å²) in [4.78, 5) is 18.0. The van der Waals surface area contributed by atoms with E-state index in [2.05, 4.69) is 4.90 Å². The van der Waals surface area contributed by atoms with Gasteiger partial charge in [-0.2, -0.15) is 0 Å². The molecule has 0 aliphatic carbocycles. The van der Waals surface area contributed by atoms with Gasteiger partial charge in [-0.05, 0) is 61.6 Å². The van der Waals surface area contributed by atoms with Gasteiger partial charge in [0.25, 0.3) is 0 Å². The SMILES string of the molecule is CN(C[C@@H]1CCCN(CCc2ccc(F)cc2)C1)C(=O)CSc1ccccc1. The number of nitrogens with zero attached hydrogens (tertiary/aromatic N) is 2. The Morgan fingerprint density at radius 2 is 1.93 bits per heavy atom. The molecule has 0 bridgehead atoms. The van der Waals surface area contributed by atoms with Crippen LogP contribution in [0.25, 0.3) is 0 Å². The van der Waals surface area contributed by atoms with Gasteiger partial charge in [-0.1, -0.05) is 30.3 Å². The summed E-state index contributed by atoms with van der Waals surface area (Å²) in [6, 6.07) is 16.9. The standard InChI is InChI=1S/C23H29FN2OS/c1-25(23(27)18-28-22-7-3-2-4-8-22)16-20-6-5-14-26(17-20)15-13-19-9-11-21(24)12-10-19/h2-4,7-12,20H,5-6,13-18H2,1H3/t20-/m0/s1. The lowest BCUT2D eigenvalue weighted by Gasteiger charge is -2.34. The van der Waals surface area contributed by atoms with Crippen LogP contribution in [0.5, 0.6) is 0 Å². The van der Waals surface area contributed by atoms with Gasteiger partial charge < -0.3 is 9.80 Å². The Morgan fingerprint density at radius 3 is 2.68 bits per heavy atom. The maximum Gasteiger partial charge on any atom is 0.232 e. The topological polar surface area (TPSA) is 23.6 Å². The minimum absolute atomic E-state index is 0.181. The molecule has 2 aromatic rings. The van der Waals surface area contributed by atoms with Crippen molar-refractivity contribution in [3.05, 3.63) is 66.0 Å². The first kappa shape index (κ1) is 20.9. The lowest BCUT2D eigenvalue weighted by Crippen LogP contribution is -2.42. The van der Waals surface area contributed by atoms with E-state index >= 15 is 0 Å². The zero-order valence-corrected chi connectivity index (χ0v) is 17.3. The highest BCUT2D eigenvalue weighted by atomic mass is 32.2. The van der Waals surface area contributed by atoms with Crippen LogP contribution >= 0.6 is 11.8 Å². The summed E-state index contributed by atoms with van der Waals surface area (Å²) in [5.41, 5.74) is 1.17. The Kier molecular flexibility index (Phi) is 7.92. The van der Waals surface area contributed by atoms with Crippen molar-refractivity contribution in [1.82, 2.24) is 9.80 Å². The fourth-order valence-electron chi connectivity index (χ4n) is 3.70. The molecule has 150 valence electrons. The van der Waals surface area contributed by atoms with Crippen molar-refractivity contribution in [1.29, 1.82) is 0 Å². The van der Waals surface area contributed by atoms with Crippen LogP contribution in [-0.4, -0.2) is 54.7 Å². The van der Waals surface area contributed by atoms with Crippen LogP contribution in [0.2, 0.25) is 0 Å². The van der Waals surface area contributed by atoms with Gasteiger partial charge in [-0.3, -0.25) is 4.79 Å². The van der Waals surface area contributed by atoms with Gasteiger partial charge >= 0.3 is 0 Å². The van der Waals surface area contributed by atoms with E-state index in [1.165, 1.54) is 30.5 Å². The molecule has 0 saturated carbocycles. The molecule has 2 aromatic carbocycles. The molecule has 1 aliphatic heterocycles. The van der Waals surface area contributed by atoms with Crippen LogP contribution in [-0.2, 0) is 11.2 Å². The second-order valence-electron chi connectivity index (χ2n) is 7.56. The van der Waals surface area contributed by atoms with Crippen molar-refractivity contribution in [3.63, 3.8) is 0 Å². The molecule has 3 rings (SSSR count). The van der Waals surface area contributed by atoms with Crippen LogP contribution in [0.15, 0.2) is 59.5 Å². The minimum Gasteiger partial charge on any atom is -0.345 e. The maximum atomic E-state index is 13.0. The maximum absolute atomic E-state index is 13.0. The van der Waals surface area contributed by atoms with Crippen molar-refractivity contribution in [2.45, 2.75) is 24.2 Å². The summed E-state index contributed by atoms with van der Waals surface area (Å²) < 4.78 is 13.0. The number of benzene rings is 2. The number of thioether (sulfide) groups is 1. The van der Waals surface area contributed by atoms with Crippen molar-refractivity contribution < 1.29 is 9.18 Å². The summed E-state index contributed by atoms with van der Waals surface area (Å²) in [5.74, 6) is 1.02. The minimum atomic E-state index is -0.181. The van der Waals surface area contributed by atoms with Gasteiger partial charge in [-0.25, -0.2) is 4.39 Å². The van der Waals surface area contributed by atoms with Gasteiger partial charge in [-0.15, -0.1) is 11.8 Å². The Labute approximate surface area is 171 Å². The van der Waals surface area contributed by atoms with Crippen LogP contribution in [0, 0.1) is 11.7 Å². The third-order valence-corrected chi connectivity index (χ3v) is 6.29. The Morgan fingerprint density at radius 1 is 1.18 bits per heavy atom. The number of carbonyl (C=O) groups excluding carboxylic acids is 1. The second-order valence-corrected chi connectivity index (χ2v) is 8.61. The fourth-order valence-corrected chi connectivity index (χ4v) is 4.56. The largest absolute Gasteiger partial charge is 0.345 e. The average molecular weight is 401 g/mol. The molecule has 1 heterocycles. The predicted octanol–water partition coefficient (Wildman–Crippen LogP) is 4.33. The summed E-state index contributed by atoms with van der Waals surface area (Å²) >= 11 is 1.60. The van der Waals surface area contributed by atoms with E-state index in [1.54, 1.807) is 11.8 Å². The molecule has 0 spiro atoms. The number of hydrogen-bond donors (Lipinski definition) is 0. The quantitative estimate of drug-likeness (QED) is 0.616. The highest BCUT2D eigenvalue weighted by Gasteiger charge is 2.22. The van der Waals surface area contributed by atoms with Crippen LogP contribution in [0.3, 0.4) is 0 Å². The van der Waals surface area contributed by atoms with Crippen molar-refractivity contribution in [2.75, 3.05) is 39.0 Å². The molecular weight excluding hydrogens is 371 g/mol. The number of halogens is 1. The van der Waals surface area contributed by atoms with Gasteiger partial charge in [0.2, 0.25) is 5.91 Å². The average Bonchev–Trinajstić information content (AvgIpc) is 2.72. The third-order valence-electron chi connectivity index (χ3n) is 5.30. The molecule has 3 nitrogen and oxygen atoms in total. The molecule has 0 aromatic heterocycles. The zero-order valence-electron chi connectivity index (χ0n) is 16.5. The molecule has 1 atom stereocenters. The van der Waals surface area contributed by atoms with E-state index in [1.807, 2.05) is 54.4 Å². The molecule has 1 fully saturated rings. The molecule has 1 saturated heterocycles. The van der Waals surface area contributed by atoms with E-state index in [0.717, 1.165) is 37.5 Å². The zero-order chi connectivity index (χ0) is 19.8. The van der Waals surface area contributed by atoms with Crippen LogP contribution < -0.4 is 0 Å². The first-order chi connectivity index (χ1) is 13.6. The Balaban J connectivity index is 1.40. The van der Waals surface area contributed by atoms with Crippen molar-refractivity contribution >= 4 is 17.7 Å². The lowest BCUT2D eigenvalue weighted by atomic mass is 9.97. The number of piperidine rings is 1. The van der Waals surface area contributed by atoms with Gasteiger partial charge in [0, 0.05) is 31.6 Å². The molecular formula is C23H29FN2OS. The van der Waals surface area contributed by atoms with E-state index in [-0.39, 0.29) is 11.7 Å². The van der Waals surface area contributed by atoms with Crippen molar-refractivity contribution in [2.24, 2.45) is 5.92 Å². The highest BCUT2D eigenvalue weighted by Crippen LogP contribution is 2.20. The number of carbonyl (C=O) groups is 1. The molecule has 5 heteroatoms. The third kappa shape index (κ3) is 6.64. The fraction of sp³-hybridized carbons (Fsp3) is 0.435. The smallest absolute Gasteiger partial charge is 0.232 e. The van der Waals surface area contributed by atoms with Crippen molar-refractivity contribution in [3.8, 4) is 0 Å². The number of likely N-dealkylation sites (tertiary alicyclic amines) is 1. The monoisotopic (exact) mass is 400 g/mol. The molecule has 1 amide bonds. The van der Waals surface area contributed by atoms with E-state index in [4.69, 9.17) is 0 Å². The first-order valence-electron chi connectivity index (χ1n) is 9.99. The van der Waals surface area contributed by atoms with Crippen LogP contribution in [0.4, 0.5) is 4.39 Å². The number of rotatable bonds is 8. The number of amides is 1. The van der Waals surface area contributed by atoms with Gasteiger partial charge in [0.1, 0.15) is 5.82 Å². The Hall–Kier alpha value is -1.85. The summed E-state index contributed by atoms with van der Waals surface area (Å²) in [5, 5.41) is 0. The molecule has 0 N–H and O–H groups in total. The Bertz CT molecular complexity index is 738. The molecule has 0 radical (unpaired) electrons. The second kappa shape index (κ2) is 10.6. The van der Waals surface area contributed by atoms with Gasteiger partial charge in [0.15, 0.2) is 0 Å². The highest BCUT2D eigenvalue weighted by molar-refractivity contribution is 8.00. The van der Waals surface area contributed by atoms with E-state index in [0.29, 0.717) is 11.7 Å². The lowest BCUT2D eigenvalue weighted by molar-refractivity contribution is -0.127. The van der Waals surface area contributed by atoms with Crippen LogP contribution in [0.1, 0.15) is 18.4 Å².